The van der Waals surface area contributed by atoms with Crippen LogP contribution in [0, 0.1) is 37.3 Å². The zero-order valence-corrected chi connectivity index (χ0v) is 23.2. The van der Waals surface area contributed by atoms with Crippen LogP contribution >= 0.6 is 0 Å². The zero-order chi connectivity index (χ0) is 30.8. The number of amides is 4. The lowest BCUT2D eigenvalue weighted by Gasteiger charge is -2.11. The fourth-order valence-electron chi connectivity index (χ4n) is 3.77. The Labute approximate surface area is 245 Å². The van der Waals surface area contributed by atoms with E-state index in [0.717, 1.165) is 17.5 Å². The Hall–Kier alpha value is -5.77. The van der Waals surface area contributed by atoms with Gasteiger partial charge in [0.25, 0.3) is 0 Å². The van der Waals surface area contributed by atoms with E-state index in [2.05, 4.69) is 43.2 Å². The van der Waals surface area contributed by atoms with Crippen molar-refractivity contribution in [2.75, 3.05) is 23.7 Å². The molecular formula is C30H27F2N7O4. The van der Waals surface area contributed by atoms with Crippen LogP contribution in [0.25, 0.3) is 0 Å². The van der Waals surface area contributed by atoms with Gasteiger partial charge < -0.3 is 20.7 Å². The van der Waals surface area contributed by atoms with Gasteiger partial charge in [0.2, 0.25) is 5.91 Å². The second-order valence-corrected chi connectivity index (χ2v) is 9.13. The first-order valence-corrected chi connectivity index (χ1v) is 13.0. The van der Waals surface area contributed by atoms with Gasteiger partial charge in [-0.1, -0.05) is 24.0 Å². The number of benzene rings is 2. The number of aryl methyl sites for hydroxylation is 2. The molecule has 0 unspecified atom stereocenters. The normalized spacial score (nSPS) is 10.2. The summed E-state index contributed by atoms with van der Waals surface area (Å²) in [5, 5.41) is 14.3. The average Bonchev–Trinajstić information content (AvgIpc) is 3.31. The molecular weight excluding hydrogens is 560 g/mol. The van der Waals surface area contributed by atoms with Crippen LogP contribution in [0.5, 0.6) is 11.5 Å². The highest BCUT2D eigenvalue weighted by molar-refractivity contribution is 6.01. The molecule has 4 aromatic rings. The van der Waals surface area contributed by atoms with Crippen LogP contribution in [-0.2, 0) is 11.2 Å². The summed E-state index contributed by atoms with van der Waals surface area (Å²) in [6.45, 7) is 3.95. The molecule has 0 saturated carbocycles. The molecule has 2 aromatic heterocycles. The topological polar surface area (TPSA) is 139 Å². The first kappa shape index (κ1) is 30.2. The van der Waals surface area contributed by atoms with Crippen molar-refractivity contribution in [1.82, 2.24) is 25.4 Å². The van der Waals surface area contributed by atoms with E-state index < -0.39 is 23.6 Å². The fraction of sp³-hybridized carbons (Fsp3) is 0.167. The van der Waals surface area contributed by atoms with Crippen LogP contribution < -0.4 is 26.0 Å². The minimum Gasteiger partial charge on any atom is -0.454 e. The van der Waals surface area contributed by atoms with Crippen LogP contribution in [0.15, 0.2) is 66.9 Å². The van der Waals surface area contributed by atoms with E-state index in [0.29, 0.717) is 17.1 Å². The van der Waals surface area contributed by atoms with E-state index in [1.165, 1.54) is 53.3 Å². The van der Waals surface area contributed by atoms with Crippen LogP contribution in [0.2, 0.25) is 0 Å². The molecule has 0 aliphatic carbocycles. The quantitative estimate of drug-likeness (QED) is 0.222. The van der Waals surface area contributed by atoms with E-state index in [9.17, 15) is 23.2 Å². The SMILES string of the molecule is Cc1cc(C)n(C(=O)NCC#CCNc2cc(Oc3ccc(NC(=O)NC(=O)Cc4ccc(F)cc4)cc3F)ccn2)n1. The van der Waals surface area contributed by atoms with Gasteiger partial charge in [0.1, 0.15) is 17.4 Å². The molecule has 0 fully saturated rings. The fourth-order valence-corrected chi connectivity index (χ4v) is 3.77. The molecule has 2 aromatic carbocycles. The Morgan fingerprint density at radius 1 is 0.953 bits per heavy atom. The first-order valence-electron chi connectivity index (χ1n) is 13.0. The van der Waals surface area contributed by atoms with Gasteiger partial charge in [-0.2, -0.15) is 9.78 Å². The molecule has 0 spiro atoms. The molecule has 0 radical (unpaired) electrons. The third-order valence-electron chi connectivity index (χ3n) is 5.69. The maximum atomic E-state index is 14.7. The van der Waals surface area contributed by atoms with Gasteiger partial charge in [-0.3, -0.25) is 10.1 Å². The average molecular weight is 588 g/mol. The number of urea groups is 1. The van der Waals surface area contributed by atoms with Crippen LogP contribution in [0.3, 0.4) is 0 Å². The number of nitrogens with zero attached hydrogens (tertiary/aromatic N) is 3. The molecule has 0 saturated heterocycles. The summed E-state index contributed by atoms with van der Waals surface area (Å²) in [4.78, 5) is 40.5. The van der Waals surface area contributed by atoms with Gasteiger partial charge in [0.05, 0.1) is 25.2 Å². The number of halogens is 2. The summed E-state index contributed by atoms with van der Waals surface area (Å²) in [7, 11) is 0. The highest BCUT2D eigenvalue weighted by Crippen LogP contribution is 2.27. The van der Waals surface area contributed by atoms with Crippen molar-refractivity contribution in [2.24, 2.45) is 0 Å². The minimum absolute atomic E-state index is 0.0960. The van der Waals surface area contributed by atoms with E-state index in [-0.39, 0.29) is 37.0 Å². The number of pyridine rings is 1. The van der Waals surface area contributed by atoms with Crippen molar-refractivity contribution >= 4 is 29.5 Å². The molecule has 4 amide bonds. The summed E-state index contributed by atoms with van der Waals surface area (Å²) >= 11 is 0. The molecule has 13 heteroatoms. The lowest BCUT2D eigenvalue weighted by Crippen LogP contribution is -2.35. The third-order valence-corrected chi connectivity index (χ3v) is 5.69. The van der Waals surface area contributed by atoms with Crippen molar-refractivity contribution in [1.29, 1.82) is 0 Å². The van der Waals surface area contributed by atoms with E-state index in [4.69, 9.17) is 4.74 Å². The van der Waals surface area contributed by atoms with Gasteiger partial charge in [0, 0.05) is 29.7 Å². The minimum atomic E-state index is -0.849. The number of anilines is 2. The van der Waals surface area contributed by atoms with Crippen LogP contribution in [0.4, 0.5) is 29.9 Å². The van der Waals surface area contributed by atoms with E-state index >= 15 is 0 Å². The Bertz CT molecular complexity index is 1690. The lowest BCUT2D eigenvalue weighted by atomic mass is 10.1. The molecule has 0 aliphatic heterocycles. The Balaban J connectivity index is 1.23. The van der Waals surface area contributed by atoms with Crippen molar-refractivity contribution in [3.05, 3.63) is 95.4 Å². The number of ether oxygens (including phenoxy) is 1. The number of aromatic nitrogens is 3. The van der Waals surface area contributed by atoms with Crippen molar-refractivity contribution in [3.63, 3.8) is 0 Å². The first-order chi connectivity index (χ1) is 20.7. The molecule has 0 atom stereocenters. The number of imide groups is 1. The molecule has 220 valence electrons. The molecule has 4 rings (SSSR count). The zero-order valence-electron chi connectivity index (χ0n) is 23.2. The molecule has 0 bridgehead atoms. The highest BCUT2D eigenvalue weighted by Gasteiger charge is 2.12. The number of hydrogen-bond donors (Lipinski definition) is 4. The van der Waals surface area contributed by atoms with Crippen LogP contribution in [0.1, 0.15) is 17.0 Å². The van der Waals surface area contributed by atoms with Crippen molar-refractivity contribution < 1.29 is 27.9 Å². The monoisotopic (exact) mass is 587 g/mol. The Morgan fingerprint density at radius 2 is 1.72 bits per heavy atom. The molecule has 0 aliphatic rings. The Kier molecular flexibility index (Phi) is 9.99. The number of carbonyl (C=O) groups is 3. The standard InChI is InChI=1S/C30H27F2N7O4/c1-19-15-20(2)39(38-19)30(42)35-13-4-3-12-33-27-18-24(11-14-34-27)43-26-10-9-23(17-25(26)32)36-29(41)37-28(40)16-21-5-7-22(31)8-6-21/h5-11,14-15,17-18H,12-13,16H2,1-2H3,(H,33,34)(H,35,42)(H2,36,37,40,41). The van der Waals surface area contributed by atoms with Gasteiger partial charge in [-0.25, -0.2) is 23.4 Å². The maximum Gasteiger partial charge on any atom is 0.343 e. The largest absolute Gasteiger partial charge is 0.454 e. The smallest absolute Gasteiger partial charge is 0.343 e. The second kappa shape index (κ2) is 14.2. The Morgan fingerprint density at radius 3 is 2.44 bits per heavy atom. The maximum absolute atomic E-state index is 14.7. The van der Waals surface area contributed by atoms with Gasteiger partial charge in [-0.05, 0) is 55.8 Å². The van der Waals surface area contributed by atoms with E-state index in [1.54, 1.807) is 26.0 Å². The second-order valence-electron chi connectivity index (χ2n) is 9.13. The van der Waals surface area contributed by atoms with Gasteiger partial charge in [0.15, 0.2) is 11.6 Å². The van der Waals surface area contributed by atoms with Gasteiger partial charge >= 0.3 is 12.1 Å². The molecule has 43 heavy (non-hydrogen) atoms. The summed E-state index contributed by atoms with van der Waals surface area (Å²) in [5.74, 6) is 4.52. The number of rotatable bonds is 8. The summed E-state index contributed by atoms with van der Waals surface area (Å²) in [6, 6.07) is 12.8. The molecule has 4 N–H and O–H groups in total. The van der Waals surface area contributed by atoms with Crippen LogP contribution in [-0.4, -0.2) is 45.8 Å². The lowest BCUT2D eigenvalue weighted by molar-refractivity contribution is -0.119. The summed E-state index contributed by atoms with van der Waals surface area (Å²) < 4.78 is 34.6. The summed E-state index contributed by atoms with van der Waals surface area (Å²) in [6.07, 6.45) is 1.34. The van der Waals surface area contributed by atoms with Crippen molar-refractivity contribution in [3.8, 4) is 23.3 Å². The predicted molar refractivity (Wildman–Crippen MR) is 155 cm³/mol. The molecule has 2 heterocycles. The van der Waals surface area contributed by atoms with Crippen molar-refractivity contribution in [2.45, 2.75) is 20.3 Å². The predicted octanol–water partition coefficient (Wildman–Crippen LogP) is 4.53. The summed E-state index contributed by atoms with van der Waals surface area (Å²) in [5.41, 5.74) is 2.09. The van der Waals surface area contributed by atoms with Gasteiger partial charge in [-0.15, -0.1) is 0 Å². The number of nitrogens with one attached hydrogen (secondary N) is 4. The third kappa shape index (κ3) is 9.12. The molecule has 11 nitrogen and oxygen atoms in total. The number of hydrogen-bond acceptors (Lipinski definition) is 7. The van der Waals surface area contributed by atoms with E-state index in [1.807, 2.05) is 0 Å². The highest BCUT2D eigenvalue weighted by atomic mass is 19.1. The number of carbonyl (C=O) groups excluding carboxylic acids is 3.